The first-order valence-electron chi connectivity index (χ1n) is 9.01. The molecule has 3 rings (SSSR count). The fourth-order valence-corrected chi connectivity index (χ4v) is 4.15. The summed E-state index contributed by atoms with van der Waals surface area (Å²) in [5.74, 6) is 0.708. The van der Waals surface area contributed by atoms with Gasteiger partial charge in [0.2, 0.25) is 0 Å². The molecule has 0 saturated heterocycles. The van der Waals surface area contributed by atoms with E-state index in [9.17, 15) is 9.90 Å². The van der Waals surface area contributed by atoms with Gasteiger partial charge in [0.05, 0.1) is 33.7 Å². The topological polar surface area (TPSA) is 77.9 Å². The summed E-state index contributed by atoms with van der Waals surface area (Å²) in [6.45, 7) is 1.95. The van der Waals surface area contributed by atoms with Crippen LogP contribution in [-0.2, 0) is 4.79 Å². The SMILES string of the molecule is COc1ccc(OC)c(-c2ccc(OC)c(C(CC(=O)O)c3ncc(C)s3)c2)c1. The van der Waals surface area contributed by atoms with E-state index < -0.39 is 11.9 Å². The van der Waals surface area contributed by atoms with E-state index in [1.807, 2.05) is 43.3 Å². The van der Waals surface area contributed by atoms with Crippen molar-refractivity contribution in [3.8, 4) is 28.4 Å². The van der Waals surface area contributed by atoms with E-state index in [0.717, 1.165) is 26.6 Å². The van der Waals surface area contributed by atoms with Gasteiger partial charge in [-0.15, -0.1) is 11.3 Å². The second-order valence-electron chi connectivity index (χ2n) is 6.48. The van der Waals surface area contributed by atoms with Gasteiger partial charge in [0.15, 0.2) is 0 Å². The average Bonchev–Trinajstić information content (AvgIpc) is 3.16. The van der Waals surface area contributed by atoms with Gasteiger partial charge >= 0.3 is 5.97 Å². The molecule has 0 bridgehead atoms. The third-order valence-corrected chi connectivity index (χ3v) is 5.67. The van der Waals surface area contributed by atoms with Gasteiger partial charge in [-0.05, 0) is 42.8 Å². The van der Waals surface area contributed by atoms with Crippen molar-refractivity contribution in [1.29, 1.82) is 0 Å². The average molecular weight is 413 g/mol. The zero-order valence-electron chi connectivity index (χ0n) is 16.8. The second kappa shape index (κ2) is 8.96. The molecular weight excluding hydrogens is 390 g/mol. The first-order valence-corrected chi connectivity index (χ1v) is 9.83. The van der Waals surface area contributed by atoms with Gasteiger partial charge in [-0.25, -0.2) is 4.98 Å². The fraction of sp³-hybridized carbons (Fsp3) is 0.273. The van der Waals surface area contributed by atoms with Crippen molar-refractivity contribution in [3.05, 3.63) is 58.0 Å². The Morgan fingerprint density at radius 3 is 2.38 bits per heavy atom. The molecule has 0 aliphatic carbocycles. The molecule has 1 heterocycles. The molecule has 2 aromatic carbocycles. The second-order valence-corrected chi connectivity index (χ2v) is 7.75. The number of aryl methyl sites for hydroxylation is 1. The van der Waals surface area contributed by atoms with Gasteiger partial charge in [-0.2, -0.15) is 0 Å². The number of hydrogen-bond acceptors (Lipinski definition) is 6. The van der Waals surface area contributed by atoms with Crippen molar-refractivity contribution >= 4 is 17.3 Å². The first kappa shape index (κ1) is 20.7. The summed E-state index contributed by atoms with van der Waals surface area (Å²) in [6.07, 6.45) is 1.68. The number of carboxylic acid groups (broad SMARTS) is 1. The predicted octanol–water partition coefficient (Wildman–Crippen LogP) is 4.75. The largest absolute Gasteiger partial charge is 0.497 e. The normalized spacial score (nSPS) is 11.7. The summed E-state index contributed by atoms with van der Waals surface area (Å²) in [6, 6.07) is 11.3. The number of hydrogen-bond donors (Lipinski definition) is 1. The van der Waals surface area contributed by atoms with Crippen molar-refractivity contribution in [2.24, 2.45) is 0 Å². The molecule has 0 spiro atoms. The van der Waals surface area contributed by atoms with Crippen molar-refractivity contribution in [2.75, 3.05) is 21.3 Å². The molecule has 3 aromatic rings. The van der Waals surface area contributed by atoms with Gasteiger partial charge < -0.3 is 19.3 Å². The third kappa shape index (κ3) is 4.51. The number of aromatic nitrogens is 1. The Morgan fingerprint density at radius 2 is 1.79 bits per heavy atom. The van der Waals surface area contributed by atoms with E-state index in [2.05, 4.69) is 4.98 Å². The monoisotopic (exact) mass is 413 g/mol. The van der Waals surface area contributed by atoms with Crippen LogP contribution < -0.4 is 14.2 Å². The molecule has 6 nitrogen and oxygen atoms in total. The molecule has 152 valence electrons. The highest BCUT2D eigenvalue weighted by Gasteiger charge is 2.25. The van der Waals surface area contributed by atoms with Crippen LogP contribution in [0.2, 0.25) is 0 Å². The summed E-state index contributed by atoms with van der Waals surface area (Å²) in [5, 5.41) is 10.3. The quantitative estimate of drug-likeness (QED) is 0.574. The Hall–Kier alpha value is -3.06. The standard InChI is InChI=1S/C22H23NO5S/c1-13-12-23-22(29-13)18(11-21(24)25)17-9-14(5-7-20(17)28-4)16-10-15(26-2)6-8-19(16)27-3/h5-10,12,18H,11H2,1-4H3,(H,24,25). The maximum atomic E-state index is 11.6. The summed E-state index contributed by atoms with van der Waals surface area (Å²) in [7, 11) is 4.80. The molecule has 1 unspecified atom stereocenters. The Morgan fingerprint density at radius 1 is 1.07 bits per heavy atom. The highest BCUT2D eigenvalue weighted by Crippen LogP contribution is 2.41. The number of nitrogens with zero attached hydrogens (tertiary/aromatic N) is 1. The highest BCUT2D eigenvalue weighted by atomic mass is 32.1. The molecule has 0 aliphatic rings. The minimum absolute atomic E-state index is 0.0813. The van der Waals surface area contributed by atoms with E-state index in [0.29, 0.717) is 17.2 Å². The number of carboxylic acids is 1. The first-order chi connectivity index (χ1) is 14.0. The van der Waals surface area contributed by atoms with Crippen LogP contribution in [0.5, 0.6) is 17.2 Å². The van der Waals surface area contributed by atoms with Crippen molar-refractivity contribution in [3.63, 3.8) is 0 Å². The van der Waals surface area contributed by atoms with Crippen LogP contribution in [0, 0.1) is 6.92 Å². The molecule has 0 saturated carbocycles. The molecule has 29 heavy (non-hydrogen) atoms. The molecular formula is C22H23NO5S. The molecule has 1 aromatic heterocycles. The lowest BCUT2D eigenvalue weighted by atomic mass is 9.91. The zero-order chi connectivity index (χ0) is 21.0. The van der Waals surface area contributed by atoms with E-state index in [-0.39, 0.29) is 6.42 Å². The molecule has 1 N–H and O–H groups in total. The molecule has 7 heteroatoms. The van der Waals surface area contributed by atoms with Crippen LogP contribution >= 0.6 is 11.3 Å². The number of carbonyl (C=O) groups is 1. The summed E-state index contributed by atoms with van der Waals surface area (Å²) < 4.78 is 16.4. The van der Waals surface area contributed by atoms with E-state index >= 15 is 0 Å². The summed E-state index contributed by atoms with van der Waals surface area (Å²) in [4.78, 5) is 17.1. The predicted molar refractivity (Wildman–Crippen MR) is 112 cm³/mol. The van der Waals surface area contributed by atoms with E-state index in [1.165, 1.54) is 11.3 Å². The number of benzene rings is 2. The van der Waals surface area contributed by atoms with Crippen LogP contribution in [0.15, 0.2) is 42.6 Å². The highest BCUT2D eigenvalue weighted by molar-refractivity contribution is 7.11. The smallest absolute Gasteiger partial charge is 0.304 e. The molecule has 1 atom stereocenters. The Balaban J connectivity index is 2.17. The number of methoxy groups -OCH3 is 3. The third-order valence-electron chi connectivity index (χ3n) is 4.64. The van der Waals surface area contributed by atoms with Crippen molar-refractivity contribution in [2.45, 2.75) is 19.3 Å². The van der Waals surface area contributed by atoms with Crippen molar-refractivity contribution in [1.82, 2.24) is 4.98 Å². The van der Waals surface area contributed by atoms with Crippen LogP contribution in [0.4, 0.5) is 0 Å². The number of thiazole rings is 1. The lowest BCUT2D eigenvalue weighted by Crippen LogP contribution is -2.09. The maximum Gasteiger partial charge on any atom is 0.304 e. The molecule has 0 radical (unpaired) electrons. The Bertz CT molecular complexity index is 1010. The fourth-order valence-electron chi connectivity index (χ4n) is 3.25. The van der Waals surface area contributed by atoms with Crippen LogP contribution in [0.25, 0.3) is 11.1 Å². The molecule has 0 fully saturated rings. The van der Waals surface area contributed by atoms with Gasteiger partial charge in [-0.3, -0.25) is 4.79 Å². The van der Waals surface area contributed by atoms with E-state index in [4.69, 9.17) is 14.2 Å². The van der Waals surface area contributed by atoms with Gasteiger partial charge in [-0.1, -0.05) is 6.07 Å². The van der Waals surface area contributed by atoms with Crippen LogP contribution in [0.1, 0.15) is 27.8 Å². The minimum Gasteiger partial charge on any atom is -0.497 e. The zero-order valence-corrected chi connectivity index (χ0v) is 17.6. The Labute approximate surface area is 173 Å². The number of rotatable bonds is 8. The lowest BCUT2D eigenvalue weighted by Gasteiger charge is -2.19. The van der Waals surface area contributed by atoms with E-state index in [1.54, 1.807) is 27.5 Å². The lowest BCUT2D eigenvalue weighted by molar-refractivity contribution is -0.137. The Kier molecular flexibility index (Phi) is 6.39. The minimum atomic E-state index is -0.894. The summed E-state index contributed by atoms with van der Waals surface area (Å²) >= 11 is 1.49. The maximum absolute atomic E-state index is 11.6. The number of ether oxygens (including phenoxy) is 3. The van der Waals surface area contributed by atoms with Crippen LogP contribution in [-0.4, -0.2) is 37.4 Å². The molecule has 0 aliphatic heterocycles. The number of aliphatic carboxylic acids is 1. The van der Waals surface area contributed by atoms with Gasteiger partial charge in [0.25, 0.3) is 0 Å². The van der Waals surface area contributed by atoms with Gasteiger partial charge in [0, 0.05) is 22.2 Å². The van der Waals surface area contributed by atoms with Crippen molar-refractivity contribution < 1.29 is 24.1 Å². The van der Waals surface area contributed by atoms with Crippen LogP contribution in [0.3, 0.4) is 0 Å². The van der Waals surface area contributed by atoms with Gasteiger partial charge in [0.1, 0.15) is 22.3 Å². The molecule has 0 amide bonds. The summed E-state index contributed by atoms with van der Waals surface area (Å²) in [5.41, 5.74) is 2.49.